The van der Waals surface area contributed by atoms with Gasteiger partial charge in [0.05, 0.1) is 44.6 Å². The number of hydrogen-bond donors (Lipinski definition) is 1. The number of aliphatic hydroxyl groups is 1. The molecule has 5 atom stereocenters. The molecule has 10 heteroatoms. The van der Waals surface area contributed by atoms with Crippen LogP contribution in [0.5, 0.6) is 5.75 Å². The minimum Gasteiger partial charge on any atom is -0.497 e. The second-order valence-electron chi connectivity index (χ2n) is 12.4. The van der Waals surface area contributed by atoms with Crippen LogP contribution in [0.25, 0.3) is 11.0 Å². The quantitative estimate of drug-likeness (QED) is 0.125. The van der Waals surface area contributed by atoms with Crippen molar-refractivity contribution in [2.45, 2.75) is 54.8 Å². The zero-order chi connectivity index (χ0) is 35.7. The Morgan fingerprint density at radius 1 is 0.692 bits per heavy atom. The highest BCUT2D eigenvalue weighted by molar-refractivity contribution is 7.99. The lowest BCUT2D eigenvalue weighted by Gasteiger charge is -2.45. The van der Waals surface area contributed by atoms with Crippen LogP contribution in [-0.2, 0) is 38.8 Å². The van der Waals surface area contributed by atoms with Gasteiger partial charge in [0.25, 0.3) is 5.91 Å². The van der Waals surface area contributed by atoms with Crippen molar-refractivity contribution in [1.29, 1.82) is 0 Å². The van der Waals surface area contributed by atoms with Crippen molar-refractivity contribution < 1.29 is 33.6 Å². The Morgan fingerprint density at radius 2 is 1.21 bits per heavy atom. The molecule has 1 aliphatic rings. The number of carbonyl (C=O) groups is 1. The van der Waals surface area contributed by atoms with E-state index >= 15 is 0 Å². The van der Waals surface area contributed by atoms with E-state index < -0.39 is 29.9 Å². The van der Waals surface area contributed by atoms with Crippen LogP contribution in [0.4, 0.5) is 0 Å². The van der Waals surface area contributed by atoms with E-state index in [0.29, 0.717) is 27.5 Å². The summed E-state index contributed by atoms with van der Waals surface area (Å²) in [7, 11) is 1.59. The Bertz CT molecular complexity index is 2030. The molecule has 6 aromatic rings. The summed E-state index contributed by atoms with van der Waals surface area (Å²) in [6.45, 7) is 0.514. The Balaban J connectivity index is 1.26. The zero-order valence-electron chi connectivity index (χ0n) is 28.7. The molecule has 0 unspecified atom stereocenters. The van der Waals surface area contributed by atoms with Gasteiger partial charge in [-0.3, -0.25) is 9.36 Å². The summed E-state index contributed by atoms with van der Waals surface area (Å²) in [4.78, 5) is 19.1. The maximum absolute atomic E-state index is 14.2. The Labute approximate surface area is 307 Å². The van der Waals surface area contributed by atoms with Gasteiger partial charge in [0.15, 0.2) is 5.16 Å². The summed E-state index contributed by atoms with van der Waals surface area (Å²) in [5, 5.41) is 11.2. The predicted molar refractivity (Wildman–Crippen MR) is 199 cm³/mol. The van der Waals surface area contributed by atoms with E-state index in [1.54, 1.807) is 35.9 Å². The molecular weight excluding hydrogens is 677 g/mol. The topological polar surface area (TPSA) is 101 Å². The molecule has 2 heterocycles. The summed E-state index contributed by atoms with van der Waals surface area (Å²) in [6.07, 6.45) is -2.84. The van der Waals surface area contributed by atoms with Crippen molar-refractivity contribution in [3.8, 4) is 5.75 Å². The van der Waals surface area contributed by atoms with Gasteiger partial charge >= 0.3 is 0 Å². The zero-order valence-corrected chi connectivity index (χ0v) is 29.5. The van der Waals surface area contributed by atoms with E-state index in [9.17, 15) is 9.90 Å². The van der Waals surface area contributed by atoms with Crippen LogP contribution in [0.3, 0.4) is 0 Å². The SMILES string of the molecule is COc1ccc(C(=O)n2c(S[C@@H]3O[C@H](CO)[C@@H](OCc4ccccc4)[C@H](OCc4ccccc4)[C@H]3OCc3ccccc3)nc3ccccc32)cc1. The monoisotopic (exact) mass is 716 g/mol. The third kappa shape index (κ3) is 8.29. The molecule has 1 saturated heterocycles. The highest BCUT2D eigenvalue weighted by Gasteiger charge is 2.49. The van der Waals surface area contributed by atoms with Crippen LogP contribution in [0.1, 0.15) is 27.0 Å². The fraction of sp³-hybridized carbons (Fsp3) is 0.238. The molecule has 1 fully saturated rings. The van der Waals surface area contributed by atoms with Gasteiger partial charge in [-0.2, -0.15) is 0 Å². The normalized spacial score (nSPS) is 20.2. The second-order valence-corrected chi connectivity index (χ2v) is 13.4. The van der Waals surface area contributed by atoms with E-state index in [0.717, 1.165) is 16.7 Å². The van der Waals surface area contributed by atoms with Crippen molar-refractivity contribution in [3.05, 3.63) is 162 Å². The molecule has 1 aliphatic heterocycles. The molecular formula is C42H40N2O7S. The standard InChI is InChI=1S/C42H40N2O7S/c1-47-33-23-21-32(22-24-33)40(46)44-35-20-12-11-19-34(35)43-42(44)52-41-39(50-28-31-17-9-4-10-18-31)38(49-27-30-15-7-3-8-16-30)37(36(25-45)51-41)48-26-29-13-5-2-6-14-29/h2-24,36-39,41,45H,25-28H2,1H3/t36-,37-,38+,39-,41+/m1/s1. The van der Waals surface area contributed by atoms with Gasteiger partial charge in [-0.1, -0.05) is 115 Å². The molecule has 0 radical (unpaired) electrons. The maximum atomic E-state index is 14.2. The summed E-state index contributed by atoms with van der Waals surface area (Å²) in [6, 6.07) is 44.1. The van der Waals surface area contributed by atoms with Crippen molar-refractivity contribution in [3.63, 3.8) is 0 Å². The first kappa shape index (κ1) is 35.6. The first-order valence-corrected chi connectivity index (χ1v) is 18.0. The predicted octanol–water partition coefficient (Wildman–Crippen LogP) is 7.30. The number of rotatable bonds is 14. The van der Waals surface area contributed by atoms with Gasteiger partial charge in [0, 0.05) is 5.56 Å². The molecule has 9 nitrogen and oxygen atoms in total. The summed E-state index contributed by atoms with van der Waals surface area (Å²) in [5.74, 6) is 0.396. The molecule has 0 spiro atoms. The third-order valence-corrected chi connectivity index (χ3v) is 10.0. The molecule has 1 N–H and O–H groups in total. The van der Waals surface area contributed by atoms with E-state index in [-0.39, 0.29) is 32.3 Å². The number of benzene rings is 5. The van der Waals surface area contributed by atoms with Gasteiger partial charge in [-0.15, -0.1) is 0 Å². The number of aliphatic hydroxyl groups excluding tert-OH is 1. The van der Waals surface area contributed by atoms with Crippen LogP contribution in [0.2, 0.25) is 0 Å². The highest BCUT2D eigenvalue weighted by Crippen LogP contribution is 2.39. The second kappa shape index (κ2) is 17.1. The van der Waals surface area contributed by atoms with E-state index in [2.05, 4.69) is 0 Å². The number of thioether (sulfide) groups is 1. The number of aromatic nitrogens is 2. The smallest absolute Gasteiger partial charge is 0.264 e. The molecule has 0 aliphatic carbocycles. The molecule has 0 bridgehead atoms. The summed E-state index contributed by atoms with van der Waals surface area (Å²) >= 11 is 1.26. The molecule has 266 valence electrons. The van der Waals surface area contributed by atoms with Crippen molar-refractivity contribution in [2.75, 3.05) is 13.7 Å². The average Bonchev–Trinajstić information content (AvgIpc) is 3.57. The minimum atomic E-state index is -0.770. The molecule has 52 heavy (non-hydrogen) atoms. The van der Waals surface area contributed by atoms with E-state index in [1.165, 1.54) is 11.8 Å². The van der Waals surface area contributed by atoms with Crippen LogP contribution in [-0.4, -0.2) is 64.1 Å². The van der Waals surface area contributed by atoms with Crippen molar-refractivity contribution >= 4 is 28.7 Å². The molecule has 1 aromatic heterocycles. The average molecular weight is 717 g/mol. The number of imidazole rings is 1. The van der Waals surface area contributed by atoms with Crippen LogP contribution < -0.4 is 4.74 Å². The Kier molecular flexibility index (Phi) is 11.7. The van der Waals surface area contributed by atoms with Gasteiger partial charge in [0.1, 0.15) is 35.6 Å². The number of carbonyl (C=O) groups excluding carboxylic acids is 1. The first-order chi connectivity index (χ1) is 25.6. The summed E-state index contributed by atoms with van der Waals surface area (Å²) < 4.78 is 33.7. The Morgan fingerprint density at radius 3 is 1.77 bits per heavy atom. The van der Waals surface area contributed by atoms with Crippen LogP contribution in [0, 0.1) is 0 Å². The van der Waals surface area contributed by atoms with E-state index in [4.69, 9.17) is 28.7 Å². The molecule has 5 aromatic carbocycles. The number of hydrogen-bond acceptors (Lipinski definition) is 9. The van der Waals surface area contributed by atoms with Gasteiger partial charge in [-0.05, 0) is 53.1 Å². The number of ether oxygens (including phenoxy) is 5. The van der Waals surface area contributed by atoms with E-state index in [1.807, 2.05) is 115 Å². The lowest BCUT2D eigenvalue weighted by molar-refractivity contribution is -0.251. The van der Waals surface area contributed by atoms with Crippen molar-refractivity contribution in [1.82, 2.24) is 9.55 Å². The molecule has 0 saturated carbocycles. The number of para-hydroxylation sites is 2. The van der Waals surface area contributed by atoms with Gasteiger partial charge < -0.3 is 28.8 Å². The van der Waals surface area contributed by atoms with Gasteiger partial charge in [0.2, 0.25) is 0 Å². The lowest BCUT2D eigenvalue weighted by Crippen LogP contribution is -2.60. The fourth-order valence-corrected chi connectivity index (χ4v) is 7.44. The highest BCUT2D eigenvalue weighted by atomic mass is 32.2. The summed E-state index contributed by atoms with van der Waals surface area (Å²) in [5.41, 5.74) is 3.96. The van der Waals surface area contributed by atoms with Crippen molar-refractivity contribution in [2.24, 2.45) is 0 Å². The maximum Gasteiger partial charge on any atom is 0.264 e. The Hall–Kier alpha value is -4.81. The van der Waals surface area contributed by atoms with Gasteiger partial charge in [-0.25, -0.2) is 4.98 Å². The third-order valence-electron chi connectivity index (χ3n) is 8.92. The number of methoxy groups -OCH3 is 1. The van der Waals surface area contributed by atoms with Crippen LogP contribution >= 0.6 is 11.8 Å². The minimum absolute atomic E-state index is 0.254. The number of nitrogens with zero attached hydrogens (tertiary/aromatic N) is 2. The lowest BCUT2D eigenvalue weighted by atomic mass is 9.99. The fourth-order valence-electron chi connectivity index (χ4n) is 6.23. The van der Waals surface area contributed by atoms with Crippen LogP contribution in [0.15, 0.2) is 145 Å². The number of fused-ring (bicyclic) bond motifs is 1. The first-order valence-electron chi connectivity index (χ1n) is 17.2. The largest absolute Gasteiger partial charge is 0.497 e. The molecule has 0 amide bonds. The molecule has 7 rings (SSSR count).